The first-order chi connectivity index (χ1) is 21.3. The maximum Gasteiger partial charge on any atom is 0.318 e. The van der Waals surface area contributed by atoms with Gasteiger partial charge in [0, 0.05) is 48.9 Å². The third-order valence-electron chi connectivity index (χ3n) is 9.35. The van der Waals surface area contributed by atoms with Gasteiger partial charge in [-0.1, -0.05) is 36.9 Å². The van der Waals surface area contributed by atoms with Crippen LogP contribution in [0.3, 0.4) is 0 Å². The van der Waals surface area contributed by atoms with Crippen LogP contribution < -0.4 is 14.5 Å². The smallest absolute Gasteiger partial charge is 0.318 e. The van der Waals surface area contributed by atoms with Crippen LogP contribution in [-0.4, -0.2) is 84.1 Å². The van der Waals surface area contributed by atoms with Crippen LogP contribution in [0.2, 0.25) is 0 Å². The van der Waals surface area contributed by atoms with E-state index in [1.54, 1.807) is 0 Å². The number of aromatic nitrogens is 2. The molecule has 4 heterocycles. The van der Waals surface area contributed by atoms with Crippen molar-refractivity contribution in [3.8, 4) is 12.1 Å². The predicted octanol–water partition coefficient (Wildman–Crippen LogP) is 4.78. The van der Waals surface area contributed by atoms with Crippen molar-refractivity contribution in [1.29, 1.82) is 5.26 Å². The molecule has 2 fully saturated rings. The number of amides is 1. The molecule has 0 aliphatic carbocycles. The number of aryl methyl sites for hydroxylation is 1. The number of anilines is 2. The fourth-order valence-electron chi connectivity index (χ4n) is 7.00. The lowest BCUT2D eigenvalue weighted by Gasteiger charge is -2.42. The number of likely N-dealkylation sites (N-methyl/N-ethyl adjacent to an activating group) is 1. The first-order valence-electron chi connectivity index (χ1n) is 15.6. The minimum Gasteiger partial charge on any atom is -0.462 e. The second kappa shape index (κ2) is 12.8. The molecule has 9 nitrogen and oxygen atoms in total. The highest BCUT2D eigenvalue weighted by Gasteiger charge is 2.34. The van der Waals surface area contributed by atoms with Crippen molar-refractivity contribution < 1.29 is 13.9 Å². The quantitative estimate of drug-likeness (QED) is 0.360. The Morgan fingerprint density at radius 2 is 1.93 bits per heavy atom. The largest absolute Gasteiger partial charge is 0.462 e. The Labute approximate surface area is 258 Å². The van der Waals surface area contributed by atoms with Gasteiger partial charge in [-0.15, -0.1) is 0 Å². The maximum atomic E-state index is 13.8. The summed E-state index contributed by atoms with van der Waals surface area (Å²) in [5.74, 6) is -0.951. The van der Waals surface area contributed by atoms with Gasteiger partial charge >= 0.3 is 6.01 Å². The summed E-state index contributed by atoms with van der Waals surface area (Å²) in [4.78, 5) is 30.7. The zero-order valence-corrected chi connectivity index (χ0v) is 25.6. The van der Waals surface area contributed by atoms with Crippen molar-refractivity contribution in [2.24, 2.45) is 0 Å². The van der Waals surface area contributed by atoms with Crippen LogP contribution in [-0.2, 0) is 17.8 Å². The topological polar surface area (TPSA) is 88.8 Å². The first-order valence-corrected chi connectivity index (χ1v) is 15.6. The molecule has 0 N–H and O–H groups in total. The molecule has 0 spiro atoms. The second-order valence-corrected chi connectivity index (χ2v) is 12.2. The SMILES string of the molecule is C=C(F)C(=O)N1CCN(c2nc(OC[C@@H]3CCCN3C)nc3c2CCCN(c2cccc4cccc(C)c24)C3)[C@@H](CC#N)C1. The van der Waals surface area contributed by atoms with Crippen LogP contribution in [0.25, 0.3) is 10.8 Å². The molecule has 2 atom stereocenters. The minimum atomic E-state index is -0.985. The fraction of sp³-hybridized carbons (Fsp3) is 0.471. The van der Waals surface area contributed by atoms with Gasteiger partial charge in [-0.25, -0.2) is 4.39 Å². The first kappa shape index (κ1) is 29.8. The van der Waals surface area contributed by atoms with Crippen molar-refractivity contribution in [2.45, 2.75) is 57.7 Å². The van der Waals surface area contributed by atoms with Crippen LogP contribution in [0.15, 0.2) is 48.8 Å². The summed E-state index contributed by atoms with van der Waals surface area (Å²) < 4.78 is 20.1. The van der Waals surface area contributed by atoms with E-state index in [-0.39, 0.29) is 19.0 Å². The average Bonchev–Trinajstić information content (AvgIpc) is 3.31. The maximum absolute atomic E-state index is 13.8. The van der Waals surface area contributed by atoms with Crippen molar-refractivity contribution in [2.75, 3.05) is 56.2 Å². The minimum absolute atomic E-state index is 0.172. The van der Waals surface area contributed by atoms with E-state index in [1.165, 1.54) is 26.9 Å². The molecule has 3 aromatic rings. The van der Waals surface area contributed by atoms with Crippen LogP contribution in [0.4, 0.5) is 15.9 Å². The number of nitrogens with zero attached hydrogens (tertiary/aromatic N) is 7. The number of hydrogen-bond donors (Lipinski definition) is 0. The molecular weight excluding hydrogens is 557 g/mol. The van der Waals surface area contributed by atoms with E-state index >= 15 is 0 Å². The van der Waals surface area contributed by atoms with E-state index in [2.05, 4.69) is 77.7 Å². The van der Waals surface area contributed by atoms with E-state index in [9.17, 15) is 14.4 Å². The summed E-state index contributed by atoms with van der Waals surface area (Å²) in [6.45, 7) is 9.31. The molecule has 0 bridgehead atoms. The normalized spacial score (nSPS) is 20.7. The lowest BCUT2D eigenvalue weighted by atomic mass is 10.0. The zero-order chi connectivity index (χ0) is 30.8. The highest BCUT2D eigenvalue weighted by Crippen LogP contribution is 2.36. The number of benzene rings is 2. The monoisotopic (exact) mass is 597 g/mol. The molecule has 6 rings (SSSR count). The summed E-state index contributed by atoms with van der Waals surface area (Å²) >= 11 is 0. The number of halogens is 1. The molecule has 1 aromatic heterocycles. The van der Waals surface area contributed by atoms with Gasteiger partial charge in [-0.3, -0.25) is 4.79 Å². The molecule has 230 valence electrons. The van der Waals surface area contributed by atoms with Gasteiger partial charge in [-0.05, 0) is 63.2 Å². The number of ether oxygens (including phenoxy) is 1. The molecule has 44 heavy (non-hydrogen) atoms. The number of piperazine rings is 1. The Morgan fingerprint density at radius 3 is 2.68 bits per heavy atom. The molecule has 0 unspecified atom stereocenters. The predicted molar refractivity (Wildman–Crippen MR) is 169 cm³/mol. The summed E-state index contributed by atoms with van der Waals surface area (Å²) in [7, 11) is 2.12. The molecule has 0 radical (unpaired) electrons. The van der Waals surface area contributed by atoms with Crippen LogP contribution >= 0.6 is 0 Å². The third-order valence-corrected chi connectivity index (χ3v) is 9.35. The standard InChI is InChI=1S/C34H40FN7O2/c1-23-8-4-9-25-10-5-13-30(31(23)25)40-17-7-12-28-29(21-40)37-34(44-22-27-11-6-16-39(27)3)38-32(28)42-19-18-41(33(43)24(2)35)20-26(42)14-15-36/h4-5,8-10,13,26-27H,2,6-7,11-12,14,16-22H2,1,3H3/t26-,27-/m0/s1. The molecule has 10 heteroatoms. The molecule has 2 aromatic carbocycles. The summed E-state index contributed by atoms with van der Waals surface area (Å²) in [5.41, 5.74) is 4.38. The molecule has 1 amide bonds. The molecular formula is C34H40FN7O2. The molecule has 3 aliphatic heterocycles. The van der Waals surface area contributed by atoms with E-state index in [0.717, 1.165) is 55.8 Å². The zero-order valence-electron chi connectivity index (χ0n) is 25.6. The average molecular weight is 598 g/mol. The lowest BCUT2D eigenvalue weighted by molar-refractivity contribution is -0.129. The van der Waals surface area contributed by atoms with Crippen molar-refractivity contribution in [3.05, 3.63) is 65.6 Å². The van der Waals surface area contributed by atoms with E-state index < -0.39 is 11.7 Å². The van der Waals surface area contributed by atoms with Crippen molar-refractivity contribution in [3.63, 3.8) is 0 Å². The number of fused-ring (bicyclic) bond motifs is 2. The Hall–Kier alpha value is -4.23. The van der Waals surface area contributed by atoms with Gasteiger partial charge in [0.05, 0.1) is 30.8 Å². The van der Waals surface area contributed by atoms with Gasteiger partial charge in [0.15, 0.2) is 5.83 Å². The number of nitriles is 1. The van der Waals surface area contributed by atoms with Gasteiger partial charge in [0.25, 0.3) is 5.91 Å². The highest BCUT2D eigenvalue weighted by molar-refractivity contribution is 5.97. The van der Waals surface area contributed by atoms with E-state index in [4.69, 9.17) is 14.7 Å². The van der Waals surface area contributed by atoms with Gasteiger partial charge in [-0.2, -0.15) is 15.2 Å². The molecule has 3 aliphatic rings. The van der Waals surface area contributed by atoms with Gasteiger partial charge < -0.3 is 24.3 Å². The summed E-state index contributed by atoms with van der Waals surface area (Å²) in [5, 5.41) is 12.2. The Balaban J connectivity index is 1.38. The fourth-order valence-corrected chi connectivity index (χ4v) is 7.00. The summed E-state index contributed by atoms with van der Waals surface area (Å²) in [6, 6.07) is 15.4. The van der Waals surface area contributed by atoms with Gasteiger partial charge in [0.1, 0.15) is 12.4 Å². The molecule has 0 saturated carbocycles. The Morgan fingerprint density at radius 1 is 1.11 bits per heavy atom. The number of carbonyl (C=O) groups excluding carboxylic acids is 1. The van der Waals surface area contributed by atoms with Gasteiger partial charge in [0.2, 0.25) is 0 Å². The van der Waals surface area contributed by atoms with E-state index in [0.29, 0.717) is 38.3 Å². The molecule has 2 saturated heterocycles. The number of hydrogen-bond acceptors (Lipinski definition) is 8. The number of likely N-dealkylation sites (tertiary alicyclic amines) is 1. The van der Waals surface area contributed by atoms with Crippen LogP contribution in [0.5, 0.6) is 6.01 Å². The lowest BCUT2D eigenvalue weighted by Crippen LogP contribution is -2.55. The van der Waals surface area contributed by atoms with Crippen molar-refractivity contribution in [1.82, 2.24) is 19.8 Å². The second-order valence-electron chi connectivity index (χ2n) is 12.2. The number of carbonyl (C=O) groups is 1. The summed E-state index contributed by atoms with van der Waals surface area (Å²) in [6.07, 6.45) is 4.07. The Kier molecular flexibility index (Phi) is 8.67. The highest BCUT2D eigenvalue weighted by atomic mass is 19.1. The van der Waals surface area contributed by atoms with Crippen molar-refractivity contribution >= 4 is 28.2 Å². The van der Waals surface area contributed by atoms with Crippen LogP contribution in [0, 0.1) is 18.3 Å². The van der Waals surface area contributed by atoms with Crippen LogP contribution in [0.1, 0.15) is 42.5 Å². The van der Waals surface area contributed by atoms with E-state index in [1.807, 2.05) is 0 Å². The number of rotatable bonds is 7. The third kappa shape index (κ3) is 5.93. The Bertz CT molecular complexity index is 1600.